The van der Waals surface area contributed by atoms with Crippen molar-refractivity contribution in [2.24, 2.45) is 5.16 Å². The zero-order valence-corrected chi connectivity index (χ0v) is 17.4. The number of methoxy groups -OCH3 is 1. The van der Waals surface area contributed by atoms with Crippen LogP contribution in [-0.4, -0.2) is 63.0 Å². The smallest absolute Gasteiger partial charge is 0.387 e. The minimum absolute atomic E-state index is 0.0752. The maximum absolute atomic E-state index is 12.6. The van der Waals surface area contributed by atoms with E-state index in [1.54, 1.807) is 11.8 Å². The Labute approximate surface area is 179 Å². The molecular weight excluding hydrogens is 408 g/mol. The number of carbonyl (C=O) groups is 1. The fraction of sp³-hybridized carbons (Fsp3) is 0.364. The number of para-hydroxylation sites is 1. The van der Waals surface area contributed by atoms with E-state index in [-0.39, 0.29) is 17.4 Å². The number of anilines is 1. The summed E-state index contributed by atoms with van der Waals surface area (Å²) in [5.41, 5.74) is 1.69. The fourth-order valence-electron chi connectivity index (χ4n) is 3.27. The van der Waals surface area contributed by atoms with Crippen molar-refractivity contribution in [1.82, 2.24) is 4.90 Å². The van der Waals surface area contributed by atoms with Crippen LogP contribution >= 0.6 is 0 Å². The van der Waals surface area contributed by atoms with Crippen molar-refractivity contribution in [2.45, 2.75) is 19.6 Å². The van der Waals surface area contributed by atoms with E-state index in [0.717, 1.165) is 18.8 Å². The molecule has 0 aromatic heterocycles. The minimum Gasteiger partial charge on any atom is -0.493 e. The molecular formula is C22H25F2N3O4. The highest BCUT2D eigenvalue weighted by Crippen LogP contribution is 2.29. The van der Waals surface area contributed by atoms with E-state index in [9.17, 15) is 13.6 Å². The van der Waals surface area contributed by atoms with Crippen LogP contribution in [0.3, 0.4) is 0 Å². The van der Waals surface area contributed by atoms with Gasteiger partial charge in [0, 0.05) is 37.4 Å². The molecule has 31 heavy (non-hydrogen) atoms. The normalized spacial score (nSPS) is 15.3. The van der Waals surface area contributed by atoms with Gasteiger partial charge in [-0.25, -0.2) is 0 Å². The number of oxime groups is 1. The fourth-order valence-corrected chi connectivity index (χ4v) is 3.27. The molecule has 1 heterocycles. The Morgan fingerprint density at radius 2 is 1.77 bits per heavy atom. The van der Waals surface area contributed by atoms with Gasteiger partial charge in [0.2, 0.25) is 6.10 Å². The first kappa shape index (κ1) is 22.3. The topological polar surface area (TPSA) is 63.6 Å². The van der Waals surface area contributed by atoms with Crippen molar-refractivity contribution in [3.63, 3.8) is 0 Å². The second kappa shape index (κ2) is 10.6. The highest BCUT2D eigenvalue weighted by atomic mass is 19.3. The first-order chi connectivity index (χ1) is 15.0. The zero-order valence-electron chi connectivity index (χ0n) is 17.4. The van der Waals surface area contributed by atoms with Crippen LogP contribution in [0.15, 0.2) is 53.7 Å². The van der Waals surface area contributed by atoms with E-state index in [2.05, 4.69) is 26.9 Å². The molecule has 0 spiro atoms. The van der Waals surface area contributed by atoms with Crippen LogP contribution in [0.5, 0.6) is 11.5 Å². The molecule has 2 aromatic carbocycles. The molecule has 1 saturated heterocycles. The van der Waals surface area contributed by atoms with Gasteiger partial charge in [0.1, 0.15) is 0 Å². The van der Waals surface area contributed by atoms with Gasteiger partial charge in [0.25, 0.3) is 5.91 Å². The lowest BCUT2D eigenvalue weighted by Gasteiger charge is -2.36. The van der Waals surface area contributed by atoms with E-state index in [4.69, 9.17) is 9.57 Å². The summed E-state index contributed by atoms with van der Waals surface area (Å²) < 4.78 is 34.2. The number of hydrogen-bond acceptors (Lipinski definition) is 6. The van der Waals surface area contributed by atoms with E-state index in [0.29, 0.717) is 18.7 Å². The number of piperazine rings is 1. The summed E-state index contributed by atoms with van der Waals surface area (Å²) in [6.07, 6.45) is 0.633. The van der Waals surface area contributed by atoms with Crippen molar-refractivity contribution in [2.75, 3.05) is 38.2 Å². The summed E-state index contributed by atoms with van der Waals surface area (Å²) in [4.78, 5) is 21.9. The van der Waals surface area contributed by atoms with Gasteiger partial charge in [-0.3, -0.25) is 4.79 Å². The molecule has 1 aliphatic rings. The lowest BCUT2D eigenvalue weighted by atomic mass is 10.2. The highest BCUT2D eigenvalue weighted by Gasteiger charge is 2.26. The average Bonchev–Trinajstić information content (AvgIpc) is 2.79. The predicted octanol–water partition coefficient (Wildman–Crippen LogP) is 3.38. The summed E-state index contributed by atoms with van der Waals surface area (Å²) in [7, 11) is 1.35. The molecule has 0 saturated carbocycles. The van der Waals surface area contributed by atoms with Gasteiger partial charge in [-0.2, -0.15) is 8.78 Å². The lowest BCUT2D eigenvalue weighted by Crippen LogP contribution is -2.51. The molecule has 0 N–H and O–H groups in total. The van der Waals surface area contributed by atoms with Gasteiger partial charge in [0.05, 0.1) is 13.3 Å². The number of hydrogen-bond donors (Lipinski definition) is 0. The Bertz CT molecular complexity index is 888. The van der Waals surface area contributed by atoms with Crippen LogP contribution in [0.25, 0.3) is 0 Å². The molecule has 9 heteroatoms. The summed E-state index contributed by atoms with van der Waals surface area (Å²) in [5, 5.41) is 3.86. The number of alkyl halides is 2. The van der Waals surface area contributed by atoms with Crippen molar-refractivity contribution < 1.29 is 27.9 Å². The Balaban J connectivity index is 1.50. The SMILES string of the molecule is COc1cc(C=NO[C@H](C)C(=O)N2CCN(c3ccccc3)CC2)ccc1OC(F)F. The molecule has 1 aliphatic heterocycles. The summed E-state index contributed by atoms with van der Waals surface area (Å²) in [6, 6.07) is 14.4. The monoisotopic (exact) mass is 433 g/mol. The van der Waals surface area contributed by atoms with Crippen molar-refractivity contribution in [3.05, 3.63) is 54.1 Å². The van der Waals surface area contributed by atoms with Crippen molar-refractivity contribution >= 4 is 17.8 Å². The Kier molecular flexibility index (Phi) is 7.64. The molecule has 1 fully saturated rings. The van der Waals surface area contributed by atoms with E-state index >= 15 is 0 Å². The number of nitrogens with zero attached hydrogens (tertiary/aromatic N) is 3. The molecule has 0 unspecified atom stereocenters. The molecule has 166 valence electrons. The van der Waals surface area contributed by atoms with Gasteiger partial charge in [-0.15, -0.1) is 0 Å². The molecule has 7 nitrogen and oxygen atoms in total. The number of rotatable bonds is 8. The number of halogens is 2. The number of ether oxygens (including phenoxy) is 2. The molecule has 1 amide bonds. The maximum atomic E-state index is 12.6. The van der Waals surface area contributed by atoms with E-state index in [1.165, 1.54) is 31.5 Å². The summed E-state index contributed by atoms with van der Waals surface area (Å²) in [5.74, 6) is -0.0680. The third-order valence-electron chi connectivity index (χ3n) is 4.88. The second-order valence-corrected chi connectivity index (χ2v) is 6.92. The first-order valence-electron chi connectivity index (χ1n) is 9.88. The third-order valence-corrected chi connectivity index (χ3v) is 4.88. The number of benzene rings is 2. The summed E-state index contributed by atoms with van der Waals surface area (Å²) >= 11 is 0. The number of carbonyl (C=O) groups excluding carboxylic acids is 1. The van der Waals surface area contributed by atoms with Gasteiger partial charge in [0.15, 0.2) is 11.5 Å². The molecule has 1 atom stereocenters. The highest BCUT2D eigenvalue weighted by molar-refractivity contribution is 5.82. The van der Waals surface area contributed by atoms with Gasteiger partial charge >= 0.3 is 6.61 Å². The van der Waals surface area contributed by atoms with Crippen LogP contribution in [-0.2, 0) is 9.63 Å². The molecule has 2 aromatic rings. The predicted molar refractivity (Wildman–Crippen MR) is 113 cm³/mol. The Hall–Kier alpha value is -3.36. The van der Waals surface area contributed by atoms with Crippen LogP contribution in [0, 0.1) is 0 Å². The molecule has 0 bridgehead atoms. The number of amides is 1. The standard InChI is InChI=1S/C22H25F2N3O4/c1-16(21(28)27-12-10-26(11-13-27)18-6-4-3-5-7-18)31-25-15-17-8-9-19(30-22(23)24)20(14-17)29-2/h3-9,14-16,22H,10-13H2,1-2H3/t16-/m1/s1. The van der Waals surface area contributed by atoms with Crippen LogP contribution < -0.4 is 14.4 Å². The first-order valence-corrected chi connectivity index (χ1v) is 9.88. The van der Waals surface area contributed by atoms with Crippen LogP contribution in [0.4, 0.5) is 14.5 Å². The van der Waals surface area contributed by atoms with Crippen LogP contribution in [0.1, 0.15) is 12.5 Å². The third kappa shape index (κ3) is 6.07. The molecule has 3 rings (SSSR count). The molecule has 0 aliphatic carbocycles. The average molecular weight is 433 g/mol. The van der Waals surface area contributed by atoms with Gasteiger partial charge in [-0.05, 0) is 37.3 Å². The van der Waals surface area contributed by atoms with Gasteiger partial charge in [-0.1, -0.05) is 23.4 Å². The minimum atomic E-state index is -2.95. The largest absolute Gasteiger partial charge is 0.493 e. The van der Waals surface area contributed by atoms with E-state index < -0.39 is 12.7 Å². The quantitative estimate of drug-likeness (QED) is 0.472. The van der Waals surface area contributed by atoms with Crippen molar-refractivity contribution in [1.29, 1.82) is 0 Å². The van der Waals surface area contributed by atoms with Crippen molar-refractivity contribution in [3.8, 4) is 11.5 Å². The van der Waals surface area contributed by atoms with Crippen LogP contribution in [0.2, 0.25) is 0 Å². The van der Waals surface area contributed by atoms with E-state index in [1.807, 2.05) is 18.2 Å². The molecule has 0 radical (unpaired) electrons. The Morgan fingerprint density at radius 3 is 2.42 bits per heavy atom. The lowest BCUT2D eigenvalue weighted by molar-refractivity contribution is -0.142. The maximum Gasteiger partial charge on any atom is 0.387 e. The second-order valence-electron chi connectivity index (χ2n) is 6.92. The van der Waals surface area contributed by atoms with Gasteiger partial charge < -0.3 is 24.1 Å². The Morgan fingerprint density at radius 1 is 1.06 bits per heavy atom. The zero-order chi connectivity index (χ0) is 22.2. The summed E-state index contributed by atoms with van der Waals surface area (Å²) in [6.45, 7) is 1.40.